The molecule has 0 spiro atoms. The number of nitrogens with one attached hydrogen (secondary N) is 2. The van der Waals surface area contributed by atoms with Gasteiger partial charge in [-0.3, -0.25) is 4.79 Å². The highest BCUT2D eigenvalue weighted by Crippen LogP contribution is 2.01. The van der Waals surface area contributed by atoms with Gasteiger partial charge < -0.3 is 15.4 Å². The normalized spacial score (nSPS) is 11.6. The van der Waals surface area contributed by atoms with Crippen LogP contribution in [0.5, 0.6) is 0 Å². The zero-order valence-corrected chi connectivity index (χ0v) is 9.90. The van der Waals surface area contributed by atoms with Crippen LogP contribution in [0.2, 0.25) is 0 Å². The maximum Gasteiger partial charge on any atom is 0.338 e. The molecule has 0 aromatic heterocycles. The second-order valence-electron chi connectivity index (χ2n) is 3.42. The molecule has 0 radical (unpaired) electrons. The van der Waals surface area contributed by atoms with Crippen LogP contribution < -0.4 is 10.6 Å². The topological polar surface area (TPSA) is 67.4 Å². The summed E-state index contributed by atoms with van der Waals surface area (Å²) in [5.74, 6) is -0.650. The lowest BCUT2D eigenvalue weighted by atomic mass is 10.2. The summed E-state index contributed by atoms with van der Waals surface area (Å²) >= 11 is 0. The zero-order chi connectivity index (χ0) is 12.7. The monoisotopic (exact) mass is 236 g/mol. The molecule has 0 heterocycles. The number of hydrogen-bond donors (Lipinski definition) is 2. The molecule has 1 aromatic rings. The minimum Gasteiger partial charge on any atom is -0.460 e. The van der Waals surface area contributed by atoms with E-state index in [9.17, 15) is 9.59 Å². The van der Waals surface area contributed by atoms with Gasteiger partial charge in [-0.15, -0.1) is 0 Å². The Kier molecular flexibility index (Phi) is 5.16. The lowest BCUT2D eigenvalue weighted by molar-refractivity contribution is -0.123. The third-order valence-electron chi connectivity index (χ3n) is 2.30. The Labute approximate surface area is 100 Å². The SMILES string of the molecule is CNC(=O)C(COC(=O)c1ccccc1)NC. The number of amides is 1. The number of hydrogen-bond acceptors (Lipinski definition) is 4. The van der Waals surface area contributed by atoms with Gasteiger partial charge >= 0.3 is 5.97 Å². The van der Waals surface area contributed by atoms with E-state index >= 15 is 0 Å². The van der Waals surface area contributed by atoms with E-state index in [0.717, 1.165) is 0 Å². The van der Waals surface area contributed by atoms with Gasteiger partial charge in [0.1, 0.15) is 12.6 Å². The molecule has 0 saturated heterocycles. The molecular weight excluding hydrogens is 220 g/mol. The Balaban J connectivity index is 2.50. The lowest BCUT2D eigenvalue weighted by Crippen LogP contribution is -2.44. The zero-order valence-electron chi connectivity index (χ0n) is 9.90. The predicted molar refractivity (Wildman–Crippen MR) is 63.6 cm³/mol. The fraction of sp³-hybridized carbons (Fsp3) is 0.333. The van der Waals surface area contributed by atoms with Crippen LogP contribution in [0, 0.1) is 0 Å². The van der Waals surface area contributed by atoms with Crippen molar-refractivity contribution in [3.05, 3.63) is 35.9 Å². The molecule has 1 aromatic carbocycles. The number of rotatable bonds is 5. The van der Waals surface area contributed by atoms with Crippen molar-refractivity contribution in [1.29, 1.82) is 0 Å². The summed E-state index contributed by atoms with van der Waals surface area (Å²) in [7, 11) is 3.17. The van der Waals surface area contributed by atoms with Crippen LogP contribution in [0.15, 0.2) is 30.3 Å². The van der Waals surface area contributed by atoms with Crippen LogP contribution in [-0.4, -0.2) is 38.6 Å². The van der Waals surface area contributed by atoms with E-state index in [0.29, 0.717) is 5.56 Å². The first-order valence-electron chi connectivity index (χ1n) is 5.30. The number of carbonyl (C=O) groups is 2. The van der Waals surface area contributed by atoms with Crippen LogP contribution in [-0.2, 0) is 9.53 Å². The Hall–Kier alpha value is -1.88. The van der Waals surface area contributed by atoms with Crippen molar-refractivity contribution in [2.24, 2.45) is 0 Å². The minimum atomic E-state index is -0.535. The van der Waals surface area contributed by atoms with E-state index in [1.807, 2.05) is 6.07 Å². The highest BCUT2D eigenvalue weighted by Gasteiger charge is 2.17. The van der Waals surface area contributed by atoms with Gasteiger partial charge in [-0.05, 0) is 19.2 Å². The molecule has 5 heteroatoms. The van der Waals surface area contributed by atoms with Crippen LogP contribution >= 0.6 is 0 Å². The smallest absolute Gasteiger partial charge is 0.338 e. The molecule has 0 fully saturated rings. The summed E-state index contributed by atoms with van der Waals surface area (Å²) < 4.78 is 5.04. The minimum absolute atomic E-state index is 0.00387. The molecular formula is C12H16N2O3. The van der Waals surface area contributed by atoms with Gasteiger partial charge in [-0.2, -0.15) is 0 Å². The number of ether oxygens (including phenoxy) is 1. The Morgan fingerprint density at radius 1 is 1.24 bits per heavy atom. The van der Waals surface area contributed by atoms with E-state index in [1.54, 1.807) is 31.3 Å². The Bertz CT molecular complexity index is 379. The largest absolute Gasteiger partial charge is 0.460 e. The molecule has 17 heavy (non-hydrogen) atoms. The summed E-state index contributed by atoms with van der Waals surface area (Å²) in [6, 6.07) is 8.12. The molecule has 0 aliphatic heterocycles. The van der Waals surface area contributed by atoms with Gasteiger partial charge in [0.15, 0.2) is 0 Å². The van der Waals surface area contributed by atoms with Gasteiger partial charge in [0.2, 0.25) is 5.91 Å². The fourth-order valence-electron chi connectivity index (χ4n) is 1.28. The van der Waals surface area contributed by atoms with E-state index in [1.165, 1.54) is 7.05 Å². The Morgan fingerprint density at radius 2 is 1.88 bits per heavy atom. The average molecular weight is 236 g/mol. The quantitative estimate of drug-likeness (QED) is 0.716. The molecule has 1 unspecified atom stereocenters. The molecule has 1 atom stereocenters. The molecule has 0 aliphatic carbocycles. The van der Waals surface area contributed by atoms with Gasteiger partial charge in [-0.25, -0.2) is 4.79 Å². The summed E-state index contributed by atoms with van der Waals surface area (Å²) in [4.78, 5) is 22.9. The standard InChI is InChI=1S/C12H16N2O3/c1-13-10(11(15)14-2)8-17-12(16)9-6-4-3-5-7-9/h3-7,10,13H,8H2,1-2H3,(H,14,15). The van der Waals surface area contributed by atoms with Gasteiger partial charge in [-0.1, -0.05) is 18.2 Å². The molecule has 1 amide bonds. The van der Waals surface area contributed by atoms with Crippen LogP contribution in [0.25, 0.3) is 0 Å². The molecule has 5 nitrogen and oxygen atoms in total. The van der Waals surface area contributed by atoms with Crippen LogP contribution in [0.3, 0.4) is 0 Å². The Morgan fingerprint density at radius 3 is 2.41 bits per heavy atom. The van der Waals surface area contributed by atoms with Gasteiger partial charge in [0, 0.05) is 7.05 Å². The van der Waals surface area contributed by atoms with Crippen molar-refractivity contribution < 1.29 is 14.3 Å². The van der Waals surface area contributed by atoms with Crippen molar-refractivity contribution in [1.82, 2.24) is 10.6 Å². The van der Waals surface area contributed by atoms with E-state index in [2.05, 4.69) is 10.6 Å². The van der Waals surface area contributed by atoms with Crippen molar-refractivity contribution in [2.75, 3.05) is 20.7 Å². The van der Waals surface area contributed by atoms with E-state index in [-0.39, 0.29) is 12.5 Å². The first-order chi connectivity index (χ1) is 8.19. The van der Waals surface area contributed by atoms with Gasteiger partial charge in [0.25, 0.3) is 0 Å². The maximum atomic E-state index is 11.6. The molecule has 1 rings (SSSR count). The second-order valence-corrected chi connectivity index (χ2v) is 3.42. The number of benzene rings is 1. The van der Waals surface area contributed by atoms with Crippen molar-refractivity contribution in [2.45, 2.75) is 6.04 Å². The summed E-state index contributed by atoms with van der Waals surface area (Å²) in [5.41, 5.74) is 0.472. The van der Waals surface area contributed by atoms with Crippen molar-refractivity contribution in [3.8, 4) is 0 Å². The first kappa shape index (κ1) is 13.2. The summed E-state index contributed by atoms with van der Waals surface area (Å²) in [5, 5.41) is 5.26. The van der Waals surface area contributed by atoms with Gasteiger partial charge in [0.05, 0.1) is 5.56 Å². The van der Waals surface area contributed by atoms with Crippen LogP contribution in [0.4, 0.5) is 0 Å². The third-order valence-corrected chi connectivity index (χ3v) is 2.30. The summed E-state index contributed by atoms with van der Waals surface area (Å²) in [6.45, 7) is 0.00387. The maximum absolute atomic E-state index is 11.6. The fourth-order valence-corrected chi connectivity index (χ4v) is 1.28. The van der Waals surface area contributed by atoms with Crippen molar-refractivity contribution in [3.63, 3.8) is 0 Å². The second kappa shape index (κ2) is 6.65. The predicted octanol–water partition coefficient (Wildman–Crippen LogP) is 0.177. The number of likely N-dealkylation sites (N-methyl/N-ethyl adjacent to an activating group) is 2. The molecule has 92 valence electrons. The third kappa shape index (κ3) is 3.88. The molecule has 0 bridgehead atoms. The highest BCUT2D eigenvalue weighted by atomic mass is 16.5. The summed E-state index contributed by atoms with van der Waals surface area (Å²) in [6.07, 6.45) is 0. The van der Waals surface area contributed by atoms with E-state index < -0.39 is 12.0 Å². The molecule has 0 saturated carbocycles. The lowest BCUT2D eigenvalue weighted by Gasteiger charge is -2.14. The number of esters is 1. The highest BCUT2D eigenvalue weighted by molar-refractivity contribution is 5.89. The van der Waals surface area contributed by atoms with Crippen molar-refractivity contribution >= 4 is 11.9 Å². The number of carbonyl (C=O) groups excluding carboxylic acids is 2. The molecule has 0 aliphatic rings. The average Bonchev–Trinajstić information content (AvgIpc) is 2.39. The molecule has 2 N–H and O–H groups in total. The first-order valence-corrected chi connectivity index (χ1v) is 5.30. The van der Waals surface area contributed by atoms with E-state index in [4.69, 9.17) is 4.74 Å². The van der Waals surface area contributed by atoms with Crippen LogP contribution in [0.1, 0.15) is 10.4 Å².